The average molecular weight is 393 g/mol. The second kappa shape index (κ2) is 19.1. The van der Waals surface area contributed by atoms with Crippen LogP contribution >= 0.6 is 0 Å². The molecule has 0 saturated carbocycles. The SMILES string of the molecule is OCC(O)COCCCCCCCCCCCCCCCCCC(O)(O)O. The van der Waals surface area contributed by atoms with E-state index >= 15 is 0 Å². The van der Waals surface area contributed by atoms with Gasteiger partial charge in [0.1, 0.15) is 6.10 Å². The van der Waals surface area contributed by atoms with Crippen LogP contribution in [-0.2, 0) is 4.74 Å². The standard InChI is InChI=1S/C21H44O6/c22-18-20(23)19-27-17-15-13-11-9-7-5-3-1-2-4-6-8-10-12-14-16-21(24,25)26/h20,22-26H,1-19H2. The van der Waals surface area contributed by atoms with Crippen molar-refractivity contribution in [2.24, 2.45) is 0 Å². The Morgan fingerprint density at radius 2 is 0.963 bits per heavy atom. The summed E-state index contributed by atoms with van der Waals surface area (Å²) < 4.78 is 5.28. The van der Waals surface area contributed by atoms with E-state index in [9.17, 15) is 0 Å². The highest BCUT2D eigenvalue weighted by Gasteiger charge is 2.16. The third-order valence-electron chi connectivity index (χ3n) is 4.82. The van der Waals surface area contributed by atoms with Gasteiger partial charge >= 0.3 is 0 Å². The Kier molecular flexibility index (Phi) is 18.9. The summed E-state index contributed by atoms with van der Waals surface area (Å²) in [6, 6.07) is 0. The van der Waals surface area contributed by atoms with Gasteiger partial charge in [0, 0.05) is 13.0 Å². The second-order valence-corrected chi connectivity index (χ2v) is 7.74. The number of aliphatic hydroxyl groups is 5. The van der Waals surface area contributed by atoms with Crippen molar-refractivity contribution in [3.8, 4) is 0 Å². The van der Waals surface area contributed by atoms with E-state index in [1.165, 1.54) is 70.6 Å². The van der Waals surface area contributed by atoms with Crippen LogP contribution in [-0.4, -0.2) is 57.4 Å². The van der Waals surface area contributed by atoms with Gasteiger partial charge in [0.2, 0.25) is 0 Å². The minimum Gasteiger partial charge on any atom is -0.394 e. The molecule has 1 unspecified atom stereocenters. The summed E-state index contributed by atoms with van der Waals surface area (Å²) >= 11 is 0. The van der Waals surface area contributed by atoms with Crippen LogP contribution in [0.3, 0.4) is 0 Å². The van der Waals surface area contributed by atoms with Gasteiger partial charge in [0.25, 0.3) is 5.97 Å². The monoisotopic (exact) mass is 392 g/mol. The molecule has 6 heteroatoms. The van der Waals surface area contributed by atoms with Crippen molar-refractivity contribution in [3.05, 3.63) is 0 Å². The van der Waals surface area contributed by atoms with E-state index in [0.29, 0.717) is 13.0 Å². The van der Waals surface area contributed by atoms with Crippen molar-refractivity contribution >= 4 is 0 Å². The smallest absolute Gasteiger partial charge is 0.275 e. The molecule has 0 bridgehead atoms. The van der Waals surface area contributed by atoms with Crippen molar-refractivity contribution < 1.29 is 30.3 Å². The fraction of sp³-hybridized carbons (Fsp3) is 1.00. The fourth-order valence-electron chi connectivity index (χ4n) is 3.14. The van der Waals surface area contributed by atoms with Crippen LogP contribution in [0.4, 0.5) is 0 Å². The van der Waals surface area contributed by atoms with Gasteiger partial charge in [-0.1, -0.05) is 83.5 Å². The Bertz CT molecular complexity index is 293. The molecule has 6 nitrogen and oxygen atoms in total. The van der Waals surface area contributed by atoms with E-state index in [2.05, 4.69) is 0 Å². The molecule has 0 saturated heterocycles. The molecule has 0 aliphatic heterocycles. The van der Waals surface area contributed by atoms with Crippen LogP contribution in [0.1, 0.15) is 103 Å². The van der Waals surface area contributed by atoms with Gasteiger partial charge in [-0.15, -0.1) is 0 Å². The highest BCUT2D eigenvalue weighted by Crippen LogP contribution is 2.15. The Morgan fingerprint density at radius 3 is 1.33 bits per heavy atom. The molecule has 164 valence electrons. The average Bonchev–Trinajstić information content (AvgIpc) is 2.62. The molecule has 0 aromatic rings. The zero-order valence-electron chi connectivity index (χ0n) is 17.2. The minimum atomic E-state index is -2.49. The predicted octanol–water partition coefficient (Wildman–Crippen LogP) is 3.23. The lowest BCUT2D eigenvalue weighted by molar-refractivity contribution is -0.315. The molecular formula is C21H44O6. The van der Waals surface area contributed by atoms with E-state index in [4.69, 9.17) is 30.3 Å². The number of rotatable bonds is 21. The number of aliphatic hydroxyl groups excluding tert-OH is 2. The summed E-state index contributed by atoms with van der Waals surface area (Å²) in [6.45, 7) is 0.666. The molecule has 27 heavy (non-hydrogen) atoms. The van der Waals surface area contributed by atoms with Crippen molar-refractivity contribution in [2.45, 2.75) is 115 Å². The fourth-order valence-corrected chi connectivity index (χ4v) is 3.14. The molecule has 0 radical (unpaired) electrons. The van der Waals surface area contributed by atoms with Crippen molar-refractivity contribution in [3.63, 3.8) is 0 Å². The van der Waals surface area contributed by atoms with Gasteiger partial charge in [-0.3, -0.25) is 0 Å². The van der Waals surface area contributed by atoms with Crippen molar-refractivity contribution in [2.75, 3.05) is 19.8 Å². The van der Waals surface area contributed by atoms with Gasteiger partial charge in [0.05, 0.1) is 13.2 Å². The molecule has 0 rings (SSSR count). The number of unbranched alkanes of at least 4 members (excludes halogenated alkanes) is 14. The molecule has 0 fully saturated rings. The first-order valence-corrected chi connectivity index (χ1v) is 11.0. The summed E-state index contributed by atoms with van der Waals surface area (Å²) in [6.07, 6.45) is 17.1. The van der Waals surface area contributed by atoms with Gasteiger partial charge in [0.15, 0.2) is 0 Å². The third kappa shape index (κ3) is 23.7. The Labute approximate surface area is 165 Å². The maximum Gasteiger partial charge on any atom is 0.275 e. The van der Waals surface area contributed by atoms with Gasteiger partial charge in [-0.25, -0.2) is 0 Å². The molecule has 0 spiro atoms. The zero-order valence-corrected chi connectivity index (χ0v) is 17.2. The van der Waals surface area contributed by atoms with E-state index in [1.807, 2.05) is 0 Å². The van der Waals surface area contributed by atoms with Crippen LogP contribution in [0.15, 0.2) is 0 Å². The number of hydrogen-bond donors (Lipinski definition) is 5. The molecule has 1 atom stereocenters. The lowest BCUT2D eigenvalue weighted by Crippen LogP contribution is -2.26. The molecule has 0 aromatic carbocycles. The number of ether oxygens (including phenoxy) is 1. The minimum absolute atomic E-state index is 0.0372. The third-order valence-corrected chi connectivity index (χ3v) is 4.82. The number of hydrogen-bond acceptors (Lipinski definition) is 6. The summed E-state index contributed by atoms with van der Waals surface area (Å²) in [5, 5.41) is 44.1. The first-order chi connectivity index (χ1) is 13.0. The van der Waals surface area contributed by atoms with Crippen LogP contribution < -0.4 is 0 Å². The predicted molar refractivity (Wildman–Crippen MR) is 107 cm³/mol. The normalized spacial score (nSPS) is 13.2. The molecule has 0 aliphatic rings. The first kappa shape index (κ1) is 26.8. The van der Waals surface area contributed by atoms with Crippen molar-refractivity contribution in [1.29, 1.82) is 0 Å². The lowest BCUT2D eigenvalue weighted by Gasteiger charge is -2.12. The van der Waals surface area contributed by atoms with Crippen molar-refractivity contribution in [1.82, 2.24) is 0 Å². The summed E-state index contributed by atoms with van der Waals surface area (Å²) in [4.78, 5) is 0. The topological polar surface area (TPSA) is 110 Å². The quantitative estimate of drug-likeness (QED) is 0.151. The molecule has 0 aromatic heterocycles. The van der Waals surface area contributed by atoms with Crippen LogP contribution in [0.25, 0.3) is 0 Å². The maximum absolute atomic E-state index is 9.12. The lowest BCUT2D eigenvalue weighted by atomic mass is 10.0. The molecular weight excluding hydrogens is 348 g/mol. The highest BCUT2D eigenvalue weighted by molar-refractivity contribution is 4.52. The van der Waals surface area contributed by atoms with Gasteiger partial charge < -0.3 is 30.3 Å². The van der Waals surface area contributed by atoms with E-state index in [1.54, 1.807) is 0 Å². The molecule has 5 N–H and O–H groups in total. The summed E-state index contributed by atoms with van der Waals surface area (Å²) in [5.74, 6) is -2.49. The molecule has 0 heterocycles. The Hall–Kier alpha value is -0.240. The van der Waals surface area contributed by atoms with Gasteiger partial charge in [-0.05, 0) is 12.8 Å². The Morgan fingerprint density at radius 1 is 0.593 bits per heavy atom. The molecule has 0 amide bonds. The van der Waals surface area contributed by atoms with Crippen LogP contribution in [0, 0.1) is 0 Å². The highest BCUT2D eigenvalue weighted by atomic mass is 16.7. The van der Waals surface area contributed by atoms with Crippen LogP contribution in [0.5, 0.6) is 0 Å². The Balaban J connectivity index is 3.05. The molecule has 0 aliphatic carbocycles. The summed E-state index contributed by atoms with van der Waals surface area (Å²) in [5.41, 5.74) is 0. The van der Waals surface area contributed by atoms with E-state index < -0.39 is 12.1 Å². The zero-order chi connectivity index (χ0) is 20.2. The summed E-state index contributed by atoms with van der Waals surface area (Å²) in [7, 11) is 0. The maximum atomic E-state index is 9.12. The van der Waals surface area contributed by atoms with Gasteiger partial charge in [-0.2, -0.15) is 0 Å². The second-order valence-electron chi connectivity index (χ2n) is 7.74. The largest absolute Gasteiger partial charge is 0.394 e. The van der Waals surface area contributed by atoms with E-state index in [-0.39, 0.29) is 19.6 Å². The first-order valence-electron chi connectivity index (χ1n) is 11.0. The van der Waals surface area contributed by atoms with E-state index in [0.717, 1.165) is 19.3 Å². The van der Waals surface area contributed by atoms with Crippen LogP contribution in [0.2, 0.25) is 0 Å².